The molecule has 122 valence electrons. The molecule has 1 unspecified atom stereocenters. The van der Waals surface area contributed by atoms with E-state index >= 15 is 0 Å². The standard InChI is InChI=1S/C17H19NO4S/c1-22-11-17(16(20)21)7-4-8-18(10-17)15(19)14-9-12-5-2-3-6-13(12)23-14/h2-3,5-6,9H,4,7-8,10-11H2,1H3,(H,20,21). The van der Waals surface area contributed by atoms with Crippen molar-refractivity contribution in [2.45, 2.75) is 12.8 Å². The number of fused-ring (bicyclic) bond motifs is 1. The zero-order chi connectivity index (χ0) is 16.4. The van der Waals surface area contributed by atoms with E-state index in [0.717, 1.165) is 10.1 Å². The largest absolute Gasteiger partial charge is 0.481 e. The lowest BCUT2D eigenvalue weighted by molar-refractivity contribution is -0.155. The SMILES string of the molecule is COCC1(C(=O)O)CCCN(C(=O)c2cc3ccccc3s2)C1. The van der Waals surface area contributed by atoms with E-state index in [2.05, 4.69) is 0 Å². The van der Waals surface area contributed by atoms with Gasteiger partial charge >= 0.3 is 5.97 Å². The van der Waals surface area contributed by atoms with Crippen molar-refractivity contribution in [1.82, 2.24) is 4.90 Å². The number of rotatable bonds is 4. The van der Waals surface area contributed by atoms with Crippen molar-refractivity contribution in [3.63, 3.8) is 0 Å². The number of aliphatic carboxylic acids is 1. The number of thiophene rings is 1. The second kappa shape index (κ2) is 6.29. The highest BCUT2D eigenvalue weighted by molar-refractivity contribution is 7.20. The lowest BCUT2D eigenvalue weighted by Crippen LogP contribution is -2.52. The number of carboxylic acids is 1. The number of likely N-dealkylation sites (tertiary alicyclic amines) is 1. The van der Waals surface area contributed by atoms with Gasteiger partial charge in [-0.15, -0.1) is 11.3 Å². The summed E-state index contributed by atoms with van der Waals surface area (Å²) in [4.78, 5) is 26.8. The number of methoxy groups -OCH3 is 1. The Balaban J connectivity index is 1.85. The highest BCUT2D eigenvalue weighted by atomic mass is 32.1. The van der Waals surface area contributed by atoms with E-state index in [1.165, 1.54) is 18.4 Å². The predicted octanol–water partition coefficient (Wildman–Crippen LogP) is 2.85. The van der Waals surface area contributed by atoms with Crippen molar-refractivity contribution in [1.29, 1.82) is 0 Å². The molecular formula is C17H19NO4S. The Morgan fingerprint density at radius 1 is 1.39 bits per heavy atom. The number of amides is 1. The van der Waals surface area contributed by atoms with E-state index in [4.69, 9.17) is 4.74 Å². The number of nitrogens with zero attached hydrogens (tertiary/aromatic N) is 1. The van der Waals surface area contributed by atoms with Gasteiger partial charge in [-0.1, -0.05) is 18.2 Å². The molecule has 23 heavy (non-hydrogen) atoms. The van der Waals surface area contributed by atoms with Crippen molar-refractivity contribution >= 4 is 33.3 Å². The zero-order valence-corrected chi connectivity index (χ0v) is 13.8. The van der Waals surface area contributed by atoms with Crippen LogP contribution < -0.4 is 0 Å². The zero-order valence-electron chi connectivity index (χ0n) is 12.9. The van der Waals surface area contributed by atoms with Crippen LogP contribution >= 0.6 is 11.3 Å². The van der Waals surface area contributed by atoms with Gasteiger partial charge in [0.1, 0.15) is 5.41 Å². The van der Waals surface area contributed by atoms with Crippen LogP contribution in [0, 0.1) is 5.41 Å². The third kappa shape index (κ3) is 2.96. The molecule has 2 aromatic rings. The highest BCUT2D eigenvalue weighted by Gasteiger charge is 2.44. The number of hydrogen-bond donors (Lipinski definition) is 1. The number of hydrogen-bond acceptors (Lipinski definition) is 4. The minimum Gasteiger partial charge on any atom is -0.481 e. The van der Waals surface area contributed by atoms with Gasteiger partial charge in [0.05, 0.1) is 11.5 Å². The number of ether oxygens (including phenoxy) is 1. The Labute approximate surface area is 138 Å². The molecule has 2 heterocycles. The molecule has 1 N–H and O–H groups in total. The van der Waals surface area contributed by atoms with Gasteiger partial charge in [0.15, 0.2) is 0 Å². The lowest BCUT2D eigenvalue weighted by Gasteiger charge is -2.39. The molecule has 3 rings (SSSR count). The number of carbonyl (C=O) groups is 2. The molecule has 1 aromatic heterocycles. The average molecular weight is 333 g/mol. The van der Waals surface area contributed by atoms with Gasteiger partial charge in [-0.25, -0.2) is 0 Å². The van der Waals surface area contributed by atoms with Crippen molar-refractivity contribution in [3.05, 3.63) is 35.2 Å². The first-order valence-corrected chi connectivity index (χ1v) is 8.37. The van der Waals surface area contributed by atoms with Gasteiger partial charge in [0.25, 0.3) is 5.91 Å². The molecule has 1 amide bonds. The van der Waals surface area contributed by atoms with Crippen molar-refractivity contribution in [2.24, 2.45) is 5.41 Å². The molecular weight excluding hydrogens is 314 g/mol. The fourth-order valence-corrected chi connectivity index (χ4v) is 4.21. The van der Waals surface area contributed by atoms with Crippen LogP contribution in [0.5, 0.6) is 0 Å². The topological polar surface area (TPSA) is 66.8 Å². The summed E-state index contributed by atoms with van der Waals surface area (Å²) in [5.41, 5.74) is -1.00. The van der Waals surface area contributed by atoms with Crippen molar-refractivity contribution < 1.29 is 19.4 Å². The summed E-state index contributed by atoms with van der Waals surface area (Å²) in [5.74, 6) is -0.985. The van der Waals surface area contributed by atoms with Crippen molar-refractivity contribution in [2.75, 3.05) is 26.8 Å². The van der Waals surface area contributed by atoms with Crippen LogP contribution in [0.3, 0.4) is 0 Å². The average Bonchev–Trinajstić information content (AvgIpc) is 2.98. The van der Waals surface area contributed by atoms with E-state index in [1.807, 2.05) is 30.3 Å². The number of benzene rings is 1. The minimum atomic E-state index is -1.00. The summed E-state index contributed by atoms with van der Waals surface area (Å²) in [6.45, 7) is 0.910. The quantitative estimate of drug-likeness (QED) is 0.934. The second-order valence-corrected chi connectivity index (χ2v) is 7.08. The third-order valence-electron chi connectivity index (χ3n) is 4.37. The molecule has 1 aromatic carbocycles. The summed E-state index contributed by atoms with van der Waals surface area (Å²) in [6.07, 6.45) is 1.21. The van der Waals surface area contributed by atoms with Crippen LogP contribution in [0.4, 0.5) is 0 Å². The molecule has 1 atom stereocenters. The van der Waals surface area contributed by atoms with E-state index in [1.54, 1.807) is 4.90 Å². The van der Waals surface area contributed by atoms with Gasteiger partial charge in [0.2, 0.25) is 0 Å². The molecule has 6 heteroatoms. The van der Waals surface area contributed by atoms with Crippen LogP contribution in [-0.4, -0.2) is 48.7 Å². The molecule has 0 aliphatic carbocycles. The fraction of sp³-hybridized carbons (Fsp3) is 0.412. The Morgan fingerprint density at radius 3 is 2.87 bits per heavy atom. The Morgan fingerprint density at radius 2 is 2.17 bits per heavy atom. The predicted molar refractivity (Wildman–Crippen MR) is 88.9 cm³/mol. The molecule has 0 radical (unpaired) electrons. The van der Waals surface area contributed by atoms with Gasteiger partial charge in [-0.05, 0) is 30.4 Å². The number of carboxylic acid groups (broad SMARTS) is 1. The third-order valence-corrected chi connectivity index (χ3v) is 5.48. The first kappa shape index (κ1) is 16.0. The minimum absolute atomic E-state index is 0.0902. The molecule has 1 fully saturated rings. The maximum Gasteiger partial charge on any atom is 0.313 e. The van der Waals surface area contributed by atoms with Gasteiger partial charge in [-0.2, -0.15) is 0 Å². The van der Waals surface area contributed by atoms with E-state index in [9.17, 15) is 14.7 Å². The summed E-state index contributed by atoms with van der Waals surface area (Å²) >= 11 is 1.45. The number of piperidine rings is 1. The first-order chi connectivity index (χ1) is 11.1. The maximum atomic E-state index is 12.8. The van der Waals surface area contributed by atoms with Crippen molar-refractivity contribution in [3.8, 4) is 0 Å². The van der Waals surface area contributed by atoms with Crippen LogP contribution in [0.15, 0.2) is 30.3 Å². The Kier molecular flexibility index (Phi) is 4.37. The molecule has 0 saturated carbocycles. The highest BCUT2D eigenvalue weighted by Crippen LogP contribution is 2.33. The van der Waals surface area contributed by atoms with E-state index < -0.39 is 11.4 Å². The second-order valence-electron chi connectivity index (χ2n) is 6.00. The molecule has 0 spiro atoms. The Hall–Kier alpha value is -1.92. The van der Waals surface area contributed by atoms with Gasteiger partial charge in [-0.3, -0.25) is 9.59 Å². The lowest BCUT2D eigenvalue weighted by atomic mass is 9.80. The molecule has 1 saturated heterocycles. The normalized spacial score (nSPS) is 21.5. The smallest absolute Gasteiger partial charge is 0.313 e. The summed E-state index contributed by atoms with van der Waals surface area (Å²) in [6, 6.07) is 9.74. The van der Waals surface area contributed by atoms with E-state index in [-0.39, 0.29) is 19.1 Å². The van der Waals surface area contributed by atoms with Gasteiger partial charge < -0.3 is 14.7 Å². The molecule has 1 aliphatic heterocycles. The first-order valence-electron chi connectivity index (χ1n) is 7.56. The molecule has 1 aliphatic rings. The maximum absolute atomic E-state index is 12.8. The molecule has 0 bridgehead atoms. The monoisotopic (exact) mass is 333 g/mol. The summed E-state index contributed by atoms with van der Waals surface area (Å²) in [7, 11) is 1.50. The Bertz CT molecular complexity index is 704. The van der Waals surface area contributed by atoms with Gasteiger partial charge in [0, 0.05) is 24.9 Å². The van der Waals surface area contributed by atoms with Crippen LogP contribution in [0.1, 0.15) is 22.5 Å². The van der Waals surface area contributed by atoms with Crippen LogP contribution in [0.25, 0.3) is 10.1 Å². The fourth-order valence-electron chi connectivity index (χ4n) is 3.18. The summed E-state index contributed by atoms with van der Waals surface area (Å²) in [5, 5.41) is 10.6. The number of carbonyl (C=O) groups excluding carboxylic acids is 1. The summed E-state index contributed by atoms with van der Waals surface area (Å²) < 4.78 is 6.18. The van der Waals surface area contributed by atoms with E-state index in [0.29, 0.717) is 24.3 Å². The van der Waals surface area contributed by atoms with Crippen LogP contribution in [0.2, 0.25) is 0 Å². The molecule has 5 nitrogen and oxygen atoms in total. The van der Waals surface area contributed by atoms with Crippen LogP contribution in [-0.2, 0) is 9.53 Å².